The summed E-state index contributed by atoms with van der Waals surface area (Å²) in [6, 6.07) is 9.50. The summed E-state index contributed by atoms with van der Waals surface area (Å²) in [4.78, 5) is 12.7. The number of carbonyl (C=O) groups is 1. The highest BCUT2D eigenvalue weighted by Gasteiger charge is 2.36. The summed E-state index contributed by atoms with van der Waals surface area (Å²) >= 11 is 5.90. The third kappa shape index (κ3) is 3.29. The summed E-state index contributed by atoms with van der Waals surface area (Å²) < 4.78 is 19.6. The lowest BCUT2D eigenvalue weighted by Crippen LogP contribution is -2.41. The van der Waals surface area contributed by atoms with Crippen molar-refractivity contribution in [3.63, 3.8) is 0 Å². The number of aliphatic hydroxyl groups is 1. The number of benzene rings is 2. The maximum atomic E-state index is 14.0. The lowest BCUT2D eigenvalue weighted by atomic mass is 9.74. The molecule has 1 amide bonds. The van der Waals surface area contributed by atoms with Gasteiger partial charge in [-0.15, -0.1) is 0 Å². The first-order chi connectivity index (χ1) is 12.5. The second kappa shape index (κ2) is 6.89. The Morgan fingerprint density at radius 2 is 2.08 bits per heavy atom. The molecule has 0 radical (unpaired) electrons. The van der Waals surface area contributed by atoms with Gasteiger partial charge in [0.1, 0.15) is 11.6 Å². The third-order valence-electron chi connectivity index (χ3n) is 5.15. The molecule has 4 nitrogen and oxygen atoms in total. The summed E-state index contributed by atoms with van der Waals surface area (Å²) in [5.41, 5.74) is 1.98. The first-order valence-corrected chi connectivity index (χ1v) is 9.08. The Kier molecular flexibility index (Phi) is 4.59. The monoisotopic (exact) mass is 375 g/mol. The van der Waals surface area contributed by atoms with E-state index < -0.39 is 11.7 Å². The molecule has 1 atom stereocenters. The molecule has 2 aliphatic rings. The van der Waals surface area contributed by atoms with E-state index >= 15 is 0 Å². The van der Waals surface area contributed by atoms with E-state index in [1.54, 1.807) is 0 Å². The van der Waals surface area contributed by atoms with Crippen LogP contribution >= 0.6 is 11.6 Å². The minimum atomic E-state index is -0.610. The lowest BCUT2D eigenvalue weighted by Gasteiger charge is -2.38. The van der Waals surface area contributed by atoms with E-state index in [1.807, 2.05) is 18.2 Å². The Bertz CT molecular complexity index is 851. The molecule has 136 valence electrons. The predicted octanol–water partition coefficient (Wildman–Crippen LogP) is 3.66. The highest BCUT2D eigenvalue weighted by Crippen LogP contribution is 2.40. The number of ether oxygens (including phenoxy) is 1. The van der Waals surface area contributed by atoms with Crippen molar-refractivity contribution < 1.29 is 19.0 Å². The SMILES string of the molecule is O=C(N[C@@H](c1ccc2c(c1)CCO2)C1CC(O)C1)c1cc(Cl)ccc1F. The van der Waals surface area contributed by atoms with Crippen LogP contribution in [0.4, 0.5) is 4.39 Å². The molecule has 26 heavy (non-hydrogen) atoms. The average molecular weight is 376 g/mol. The van der Waals surface area contributed by atoms with E-state index in [0.717, 1.165) is 23.3 Å². The van der Waals surface area contributed by atoms with E-state index in [2.05, 4.69) is 5.32 Å². The van der Waals surface area contributed by atoms with Crippen LogP contribution in [0.2, 0.25) is 5.02 Å². The Morgan fingerprint density at radius 3 is 2.85 bits per heavy atom. The fourth-order valence-corrected chi connectivity index (χ4v) is 3.84. The van der Waals surface area contributed by atoms with Crippen LogP contribution in [-0.2, 0) is 6.42 Å². The van der Waals surface area contributed by atoms with Gasteiger partial charge in [0.25, 0.3) is 5.91 Å². The van der Waals surface area contributed by atoms with Crippen molar-refractivity contribution in [2.75, 3.05) is 6.61 Å². The number of carbonyl (C=O) groups excluding carboxylic acids is 1. The van der Waals surface area contributed by atoms with Crippen molar-refractivity contribution in [2.45, 2.75) is 31.4 Å². The smallest absolute Gasteiger partial charge is 0.254 e. The molecule has 0 spiro atoms. The standard InChI is InChI=1S/C20H19ClFNO3/c21-14-2-3-17(22)16(10-14)20(25)23-19(13-8-15(24)9-13)12-1-4-18-11(7-12)5-6-26-18/h1-4,7,10,13,15,19,24H,5-6,8-9H2,(H,23,25)/t13?,15?,19-/m0/s1. The number of fused-ring (bicyclic) bond motifs is 1. The van der Waals surface area contributed by atoms with E-state index in [4.69, 9.17) is 16.3 Å². The minimum Gasteiger partial charge on any atom is -0.493 e. The molecule has 2 aromatic rings. The zero-order valence-corrected chi connectivity index (χ0v) is 14.8. The zero-order chi connectivity index (χ0) is 18.3. The molecule has 4 rings (SSSR count). The van der Waals surface area contributed by atoms with Gasteiger partial charge in [-0.1, -0.05) is 17.7 Å². The van der Waals surface area contributed by atoms with Crippen molar-refractivity contribution >= 4 is 17.5 Å². The highest BCUT2D eigenvalue weighted by atomic mass is 35.5. The van der Waals surface area contributed by atoms with Crippen molar-refractivity contribution in [1.29, 1.82) is 0 Å². The quantitative estimate of drug-likeness (QED) is 0.857. The van der Waals surface area contributed by atoms with Gasteiger partial charge >= 0.3 is 0 Å². The van der Waals surface area contributed by atoms with Gasteiger partial charge < -0.3 is 15.2 Å². The van der Waals surface area contributed by atoms with Crippen molar-refractivity contribution in [1.82, 2.24) is 5.32 Å². The van der Waals surface area contributed by atoms with E-state index in [-0.39, 0.29) is 23.6 Å². The molecule has 0 saturated heterocycles. The molecule has 6 heteroatoms. The summed E-state index contributed by atoms with van der Waals surface area (Å²) in [7, 11) is 0. The number of amides is 1. The fraction of sp³-hybridized carbons (Fsp3) is 0.350. The molecule has 2 aromatic carbocycles. The first kappa shape index (κ1) is 17.3. The summed E-state index contributed by atoms with van der Waals surface area (Å²) in [5, 5.41) is 12.9. The fourth-order valence-electron chi connectivity index (χ4n) is 3.67. The van der Waals surface area contributed by atoms with Crippen LogP contribution in [0.25, 0.3) is 0 Å². The van der Waals surface area contributed by atoms with Crippen LogP contribution in [0, 0.1) is 11.7 Å². The molecule has 1 aliphatic carbocycles. The number of aliphatic hydroxyl groups excluding tert-OH is 1. The molecular formula is C20H19ClFNO3. The molecule has 0 aromatic heterocycles. The predicted molar refractivity (Wildman–Crippen MR) is 96.0 cm³/mol. The van der Waals surface area contributed by atoms with Crippen LogP contribution in [0.1, 0.15) is 40.4 Å². The normalized spacial score (nSPS) is 22.1. The largest absolute Gasteiger partial charge is 0.493 e. The Labute approximate surface area is 155 Å². The van der Waals surface area contributed by atoms with Gasteiger partial charge in [0.15, 0.2) is 0 Å². The van der Waals surface area contributed by atoms with E-state index in [9.17, 15) is 14.3 Å². The van der Waals surface area contributed by atoms with Crippen molar-refractivity contribution in [3.8, 4) is 5.75 Å². The molecular weight excluding hydrogens is 357 g/mol. The molecule has 1 saturated carbocycles. The average Bonchev–Trinajstić information content (AvgIpc) is 3.06. The van der Waals surface area contributed by atoms with Crippen molar-refractivity contribution in [2.24, 2.45) is 5.92 Å². The maximum absolute atomic E-state index is 14.0. The first-order valence-electron chi connectivity index (χ1n) is 8.71. The number of hydrogen-bond acceptors (Lipinski definition) is 3. The molecule has 0 unspecified atom stereocenters. The number of nitrogens with one attached hydrogen (secondary N) is 1. The van der Waals surface area contributed by atoms with Gasteiger partial charge in [0.2, 0.25) is 0 Å². The van der Waals surface area contributed by atoms with Crippen LogP contribution < -0.4 is 10.1 Å². The van der Waals surface area contributed by atoms with Gasteiger partial charge in [-0.2, -0.15) is 0 Å². The summed E-state index contributed by atoms with van der Waals surface area (Å²) in [6.45, 7) is 0.658. The van der Waals surface area contributed by atoms with Crippen LogP contribution in [0.3, 0.4) is 0 Å². The molecule has 2 N–H and O–H groups in total. The lowest BCUT2D eigenvalue weighted by molar-refractivity contribution is 0.0234. The zero-order valence-electron chi connectivity index (χ0n) is 14.0. The minimum absolute atomic E-state index is 0.0770. The number of rotatable bonds is 4. The molecule has 0 bridgehead atoms. The Balaban J connectivity index is 1.61. The summed E-state index contributed by atoms with van der Waals surface area (Å²) in [6.07, 6.45) is 1.70. The second-order valence-electron chi connectivity index (χ2n) is 6.93. The number of halogens is 2. The topological polar surface area (TPSA) is 58.6 Å². The maximum Gasteiger partial charge on any atom is 0.254 e. The van der Waals surface area contributed by atoms with Crippen LogP contribution in [0.15, 0.2) is 36.4 Å². The van der Waals surface area contributed by atoms with Gasteiger partial charge in [0.05, 0.1) is 24.3 Å². The number of hydrogen-bond donors (Lipinski definition) is 2. The second-order valence-corrected chi connectivity index (χ2v) is 7.36. The van der Waals surface area contributed by atoms with Crippen LogP contribution in [-0.4, -0.2) is 23.7 Å². The third-order valence-corrected chi connectivity index (χ3v) is 5.39. The summed E-state index contributed by atoms with van der Waals surface area (Å²) in [5.74, 6) is -0.139. The van der Waals surface area contributed by atoms with Gasteiger partial charge in [-0.3, -0.25) is 4.79 Å². The van der Waals surface area contributed by atoms with Crippen LogP contribution in [0.5, 0.6) is 5.75 Å². The van der Waals surface area contributed by atoms with Gasteiger partial charge in [-0.25, -0.2) is 4.39 Å². The van der Waals surface area contributed by atoms with Crippen molar-refractivity contribution in [3.05, 3.63) is 63.9 Å². The van der Waals surface area contributed by atoms with E-state index in [0.29, 0.717) is 24.5 Å². The van der Waals surface area contributed by atoms with Gasteiger partial charge in [-0.05, 0) is 60.2 Å². The Hall–Kier alpha value is -2.11. The molecule has 1 fully saturated rings. The molecule has 1 aliphatic heterocycles. The Morgan fingerprint density at radius 1 is 1.27 bits per heavy atom. The van der Waals surface area contributed by atoms with E-state index in [1.165, 1.54) is 18.2 Å². The molecule has 1 heterocycles. The van der Waals surface area contributed by atoms with Gasteiger partial charge in [0, 0.05) is 11.4 Å². The highest BCUT2D eigenvalue weighted by molar-refractivity contribution is 6.31.